The van der Waals surface area contributed by atoms with Crippen molar-refractivity contribution in [2.45, 2.75) is 0 Å². The Labute approximate surface area is 258 Å². The summed E-state index contributed by atoms with van der Waals surface area (Å²) in [6.07, 6.45) is 0. The molecule has 2 aliphatic rings. The molecular weight excluding hydrogens is 548 g/mol. The minimum atomic E-state index is 0.798. The Morgan fingerprint density at radius 3 is 0.841 bits per heavy atom. The largest absolute Gasteiger partial charge is 0.497 e. The third-order valence-electron chi connectivity index (χ3n) is 7.63. The van der Waals surface area contributed by atoms with Gasteiger partial charge in [-0.25, -0.2) is 0 Å². The third kappa shape index (κ3) is 5.83. The highest BCUT2D eigenvalue weighted by Gasteiger charge is 2.19. The summed E-state index contributed by atoms with van der Waals surface area (Å²) in [5, 5.41) is 0. The Morgan fingerprint density at radius 2 is 0.591 bits per heavy atom. The second-order valence-electron chi connectivity index (χ2n) is 10.2. The van der Waals surface area contributed by atoms with Crippen LogP contribution in [-0.4, -0.2) is 28.4 Å². The van der Waals surface area contributed by atoms with Crippen molar-refractivity contribution in [3.05, 3.63) is 133 Å². The number of methoxy groups -OCH3 is 4. The standard InChI is InChI=1S/C38H34N2O4/c1-41-35-16-8-29(9-17-35)39(30-10-18-36(42-2)19-11-30)33-24-27-6-5-7-28(27)25-34(26-33)40(31-12-20-37(43-3)21-13-31)32-14-22-38(44-4)23-15-32/h5-26H,1-4H3. The van der Waals surface area contributed by atoms with Gasteiger partial charge < -0.3 is 28.7 Å². The zero-order chi connectivity index (χ0) is 30.5. The first-order valence-electron chi connectivity index (χ1n) is 14.3. The van der Waals surface area contributed by atoms with E-state index < -0.39 is 0 Å². The van der Waals surface area contributed by atoms with E-state index in [0.717, 1.165) is 68.2 Å². The maximum absolute atomic E-state index is 5.47. The first-order valence-corrected chi connectivity index (χ1v) is 14.3. The molecule has 0 saturated heterocycles. The maximum Gasteiger partial charge on any atom is 0.119 e. The molecule has 6 heteroatoms. The highest BCUT2D eigenvalue weighted by atomic mass is 16.5. The molecule has 6 rings (SSSR count). The molecule has 0 amide bonds. The monoisotopic (exact) mass is 582 g/mol. The van der Waals surface area contributed by atoms with Crippen LogP contribution in [0.3, 0.4) is 0 Å². The zero-order valence-corrected chi connectivity index (χ0v) is 25.2. The van der Waals surface area contributed by atoms with Gasteiger partial charge >= 0.3 is 0 Å². The SMILES string of the molecule is COc1ccc(N(c2ccc(OC)cc2)c2cc3cccc-3cc(N(c3ccc(OC)cc3)c3ccc(OC)cc3)c2)cc1. The van der Waals surface area contributed by atoms with Crippen molar-refractivity contribution in [2.75, 3.05) is 38.2 Å². The Hall–Kier alpha value is -5.62. The van der Waals surface area contributed by atoms with Crippen LogP contribution in [0, 0.1) is 0 Å². The number of rotatable bonds is 10. The summed E-state index contributed by atoms with van der Waals surface area (Å²) in [5.41, 5.74) is 8.21. The lowest BCUT2D eigenvalue weighted by molar-refractivity contribution is 0.414. The average Bonchev–Trinajstić information content (AvgIpc) is 3.44. The molecular formula is C38H34N2O4. The molecule has 0 heterocycles. The van der Waals surface area contributed by atoms with Gasteiger partial charge in [0.2, 0.25) is 0 Å². The van der Waals surface area contributed by atoms with E-state index >= 15 is 0 Å². The highest BCUT2D eigenvalue weighted by Crippen LogP contribution is 2.43. The summed E-state index contributed by atoms with van der Waals surface area (Å²) < 4.78 is 21.9. The number of anilines is 6. The number of hydrogen-bond acceptors (Lipinski definition) is 6. The van der Waals surface area contributed by atoms with Crippen LogP contribution in [0.2, 0.25) is 0 Å². The van der Waals surface area contributed by atoms with E-state index in [1.54, 1.807) is 28.4 Å². The average molecular weight is 583 g/mol. The van der Waals surface area contributed by atoms with Crippen LogP contribution in [0.1, 0.15) is 0 Å². The van der Waals surface area contributed by atoms with Crippen LogP contribution in [0.5, 0.6) is 23.0 Å². The maximum atomic E-state index is 5.47. The molecule has 0 fully saturated rings. The molecule has 0 aromatic heterocycles. The van der Waals surface area contributed by atoms with Gasteiger partial charge in [-0.15, -0.1) is 0 Å². The number of nitrogens with zero attached hydrogens (tertiary/aromatic N) is 2. The fourth-order valence-electron chi connectivity index (χ4n) is 5.34. The van der Waals surface area contributed by atoms with Crippen LogP contribution in [-0.2, 0) is 0 Å². The van der Waals surface area contributed by atoms with Crippen molar-refractivity contribution in [3.63, 3.8) is 0 Å². The van der Waals surface area contributed by atoms with E-state index in [4.69, 9.17) is 18.9 Å². The summed E-state index contributed by atoms with van der Waals surface area (Å²) in [6.45, 7) is 0. The van der Waals surface area contributed by atoms with Crippen LogP contribution in [0.4, 0.5) is 34.1 Å². The van der Waals surface area contributed by atoms with Gasteiger partial charge in [0.25, 0.3) is 0 Å². The molecule has 0 unspecified atom stereocenters. The first-order chi connectivity index (χ1) is 21.6. The van der Waals surface area contributed by atoms with E-state index in [1.807, 2.05) is 48.5 Å². The lowest BCUT2D eigenvalue weighted by Gasteiger charge is -2.28. The fourth-order valence-corrected chi connectivity index (χ4v) is 5.34. The predicted molar refractivity (Wildman–Crippen MR) is 179 cm³/mol. The summed E-state index contributed by atoms with van der Waals surface area (Å²) in [5.74, 6) is 3.19. The van der Waals surface area contributed by atoms with Crippen LogP contribution in [0.15, 0.2) is 133 Å². The van der Waals surface area contributed by atoms with Gasteiger partial charge in [0.05, 0.1) is 28.4 Å². The van der Waals surface area contributed by atoms with Crippen molar-refractivity contribution in [2.24, 2.45) is 0 Å². The van der Waals surface area contributed by atoms with Crippen molar-refractivity contribution in [1.82, 2.24) is 0 Å². The summed E-state index contributed by atoms with van der Waals surface area (Å²) in [4.78, 5) is 4.49. The Kier molecular flexibility index (Phi) is 8.23. The molecule has 4 aromatic carbocycles. The zero-order valence-electron chi connectivity index (χ0n) is 25.2. The lowest BCUT2D eigenvalue weighted by atomic mass is 10.1. The second-order valence-corrected chi connectivity index (χ2v) is 10.2. The van der Waals surface area contributed by atoms with Crippen LogP contribution < -0.4 is 28.7 Å². The molecule has 0 spiro atoms. The summed E-state index contributed by atoms with van der Waals surface area (Å²) in [6, 6.07) is 45.5. The molecule has 4 aromatic rings. The Balaban J connectivity index is 1.58. The van der Waals surface area contributed by atoms with Gasteiger partial charge in [-0.3, -0.25) is 0 Å². The Bertz CT molecular complexity index is 1560. The molecule has 0 aliphatic heterocycles. The van der Waals surface area contributed by atoms with Crippen molar-refractivity contribution >= 4 is 34.1 Å². The second kappa shape index (κ2) is 12.7. The quantitative estimate of drug-likeness (QED) is 0.160. The van der Waals surface area contributed by atoms with Gasteiger partial charge in [0.15, 0.2) is 0 Å². The van der Waals surface area contributed by atoms with Crippen LogP contribution >= 0.6 is 0 Å². The predicted octanol–water partition coefficient (Wildman–Crippen LogP) is 9.77. The minimum Gasteiger partial charge on any atom is -0.497 e. The van der Waals surface area contributed by atoms with Crippen molar-refractivity contribution in [3.8, 4) is 34.1 Å². The molecule has 0 saturated carbocycles. The van der Waals surface area contributed by atoms with E-state index in [-0.39, 0.29) is 0 Å². The summed E-state index contributed by atoms with van der Waals surface area (Å²) >= 11 is 0. The summed E-state index contributed by atoms with van der Waals surface area (Å²) in [7, 11) is 6.72. The molecule has 0 atom stereocenters. The molecule has 2 aliphatic carbocycles. The smallest absolute Gasteiger partial charge is 0.119 e. The normalized spacial score (nSPS) is 10.7. The third-order valence-corrected chi connectivity index (χ3v) is 7.63. The first kappa shape index (κ1) is 28.5. The lowest BCUT2D eigenvalue weighted by Crippen LogP contribution is -2.12. The number of fused-ring (bicyclic) bond motifs is 1. The topological polar surface area (TPSA) is 43.4 Å². The Morgan fingerprint density at radius 1 is 0.318 bits per heavy atom. The minimum absolute atomic E-state index is 0.798. The highest BCUT2D eigenvalue weighted by molar-refractivity contribution is 5.87. The molecule has 220 valence electrons. The van der Waals surface area contributed by atoms with Gasteiger partial charge in [-0.05, 0) is 126 Å². The number of benzene rings is 4. The fraction of sp³-hybridized carbons (Fsp3) is 0.105. The van der Waals surface area contributed by atoms with E-state index in [0.29, 0.717) is 0 Å². The van der Waals surface area contributed by atoms with Crippen molar-refractivity contribution < 1.29 is 18.9 Å². The number of ether oxygens (including phenoxy) is 4. The van der Waals surface area contributed by atoms with Crippen LogP contribution in [0.25, 0.3) is 11.1 Å². The molecule has 6 nitrogen and oxygen atoms in total. The number of hydrogen-bond donors (Lipinski definition) is 0. The molecule has 0 radical (unpaired) electrons. The van der Waals surface area contributed by atoms with E-state index in [9.17, 15) is 0 Å². The molecule has 44 heavy (non-hydrogen) atoms. The molecule has 0 bridgehead atoms. The van der Waals surface area contributed by atoms with E-state index in [2.05, 4.69) is 94.7 Å². The van der Waals surface area contributed by atoms with Gasteiger partial charge in [-0.1, -0.05) is 18.2 Å². The van der Waals surface area contributed by atoms with Crippen molar-refractivity contribution in [1.29, 1.82) is 0 Å². The van der Waals surface area contributed by atoms with Gasteiger partial charge in [0, 0.05) is 34.1 Å². The molecule has 0 N–H and O–H groups in total. The van der Waals surface area contributed by atoms with Gasteiger partial charge in [-0.2, -0.15) is 0 Å². The van der Waals surface area contributed by atoms with E-state index in [1.165, 1.54) is 0 Å². The van der Waals surface area contributed by atoms with Gasteiger partial charge in [0.1, 0.15) is 23.0 Å².